The highest BCUT2D eigenvalue weighted by molar-refractivity contribution is 7.46. The second-order valence-electron chi connectivity index (χ2n) is 14.0. The summed E-state index contributed by atoms with van der Waals surface area (Å²) in [6.45, 7) is 3.69. The standard InChI is InChI=1S/C40H77O8P/c1-3-5-7-9-11-13-15-17-19-21-23-25-27-29-31-33-35-40(42)48-38(37-47-49(43,44)45)36-46-39(41)34-32-30-28-26-24-22-20-18-16-14-12-10-8-6-4-2/h14,16,38H,3-13,15,17-37H2,1-2H3,(H2,43,44,45)/b16-14+/t38-/m1/s1. The van der Waals surface area contributed by atoms with Gasteiger partial charge in [-0.25, -0.2) is 4.57 Å². The lowest BCUT2D eigenvalue weighted by molar-refractivity contribution is -0.161. The molecule has 0 fully saturated rings. The zero-order valence-electron chi connectivity index (χ0n) is 31.9. The summed E-state index contributed by atoms with van der Waals surface area (Å²) in [4.78, 5) is 42.8. The molecule has 1 atom stereocenters. The van der Waals surface area contributed by atoms with E-state index in [9.17, 15) is 14.2 Å². The molecule has 0 aromatic rings. The summed E-state index contributed by atoms with van der Waals surface area (Å²) in [5.41, 5.74) is 0. The molecule has 0 unspecified atom stereocenters. The molecule has 8 nitrogen and oxygen atoms in total. The quantitative estimate of drug-likeness (QED) is 0.0280. The van der Waals surface area contributed by atoms with Crippen molar-refractivity contribution in [3.8, 4) is 0 Å². The van der Waals surface area contributed by atoms with Crippen LogP contribution >= 0.6 is 7.82 Å². The van der Waals surface area contributed by atoms with Crippen LogP contribution in [-0.2, 0) is 28.2 Å². The second kappa shape index (κ2) is 36.6. The minimum Gasteiger partial charge on any atom is -0.462 e. The number of esters is 2. The first-order valence-corrected chi connectivity index (χ1v) is 22.0. The van der Waals surface area contributed by atoms with Crippen LogP contribution in [0, 0.1) is 0 Å². The molecule has 2 N–H and O–H groups in total. The first-order valence-electron chi connectivity index (χ1n) is 20.5. The van der Waals surface area contributed by atoms with Gasteiger partial charge in [-0.1, -0.05) is 174 Å². The van der Waals surface area contributed by atoms with Gasteiger partial charge in [-0.3, -0.25) is 14.1 Å². The third-order valence-electron chi connectivity index (χ3n) is 9.03. The highest BCUT2D eigenvalue weighted by Crippen LogP contribution is 2.36. The molecule has 0 aromatic heterocycles. The lowest BCUT2D eigenvalue weighted by Gasteiger charge is -2.18. The Morgan fingerprint density at radius 3 is 1.27 bits per heavy atom. The average molecular weight is 717 g/mol. The van der Waals surface area contributed by atoms with Gasteiger partial charge < -0.3 is 19.3 Å². The van der Waals surface area contributed by atoms with Crippen LogP contribution in [0.2, 0.25) is 0 Å². The van der Waals surface area contributed by atoms with Crippen molar-refractivity contribution in [2.75, 3.05) is 13.2 Å². The summed E-state index contributed by atoms with van der Waals surface area (Å²) in [5.74, 6) is -0.879. The Balaban J connectivity index is 3.90. The summed E-state index contributed by atoms with van der Waals surface area (Å²) in [5, 5.41) is 0. The van der Waals surface area contributed by atoms with E-state index in [1.807, 2.05) is 0 Å². The maximum atomic E-state index is 12.4. The molecule has 0 heterocycles. The molecule has 0 rings (SSSR count). The van der Waals surface area contributed by atoms with Gasteiger partial charge in [-0.05, 0) is 38.5 Å². The van der Waals surface area contributed by atoms with Crippen molar-refractivity contribution in [2.45, 2.75) is 219 Å². The van der Waals surface area contributed by atoms with Crippen molar-refractivity contribution in [1.29, 1.82) is 0 Å². The van der Waals surface area contributed by atoms with Crippen molar-refractivity contribution in [2.24, 2.45) is 0 Å². The number of ether oxygens (including phenoxy) is 2. The molecule has 0 radical (unpaired) electrons. The van der Waals surface area contributed by atoms with Crippen LogP contribution in [0.3, 0.4) is 0 Å². The molecule has 0 saturated carbocycles. The van der Waals surface area contributed by atoms with Gasteiger partial charge in [0.2, 0.25) is 0 Å². The normalized spacial score (nSPS) is 12.5. The number of phosphoric acid groups is 1. The van der Waals surface area contributed by atoms with Crippen LogP contribution in [0.1, 0.15) is 213 Å². The fourth-order valence-electron chi connectivity index (χ4n) is 5.96. The fraction of sp³-hybridized carbons (Fsp3) is 0.900. The van der Waals surface area contributed by atoms with Crippen molar-refractivity contribution in [1.82, 2.24) is 0 Å². The van der Waals surface area contributed by atoms with Crippen LogP contribution in [0.5, 0.6) is 0 Å². The predicted octanol–water partition coefficient (Wildman–Crippen LogP) is 12.2. The molecule has 9 heteroatoms. The van der Waals surface area contributed by atoms with Gasteiger partial charge >= 0.3 is 19.8 Å². The molecule has 0 spiro atoms. The van der Waals surface area contributed by atoms with Gasteiger partial charge in [-0.15, -0.1) is 0 Å². The number of allylic oxidation sites excluding steroid dienone is 2. The van der Waals surface area contributed by atoms with E-state index < -0.39 is 32.5 Å². The summed E-state index contributed by atoms with van der Waals surface area (Å²) < 4.78 is 26.4. The first kappa shape index (κ1) is 47.8. The van der Waals surface area contributed by atoms with Crippen LogP contribution in [0.25, 0.3) is 0 Å². The number of hydrogen-bond acceptors (Lipinski definition) is 6. The van der Waals surface area contributed by atoms with E-state index >= 15 is 0 Å². The maximum absolute atomic E-state index is 12.4. The Bertz CT molecular complexity index is 812. The zero-order chi connectivity index (χ0) is 36.1. The minimum absolute atomic E-state index is 0.217. The number of unbranched alkanes of at least 4 members (excludes halogenated alkanes) is 26. The van der Waals surface area contributed by atoms with Gasteiger partial charge in [0.05, 0.1) is 6.61 Å². The molecule has 0 aliphatic rings. The van der Waals surface area contributed by atoms with E-state index in [0.29, 0.717) is 6.42 Å². The van der Waals surface area contributed by atoms with Crippen LogP contribution in [-0.4, -0.2) is 41.0 Å². The van der Waals surface area contributed by atoms with E-state index in [1.165, 1.54) is 135 Å². The fourth-order valence-corrected chi connectivity index (χ4v) is 6.32. The summed E-state index contributed by atoms with van der Waals surface area (Å²) in [6, 6.07) is 0. The largest absolute Gasteiger partial charge is 0.469 e. The summed E-state index contributed by atoms with van der Waals surface area (Å²) in [6.07, 6.45) is 39.3. The van der Waals surface area contributed by atoms with E-state index in [2.05, 4.69) is 30.5 Å². The Hall–Kier alpha value is -1.21. The second-order valence-corrected chi connectivity index (χ2v) is 15.2. The molecule has 290 valence electrons. The Kier molecular flexibility index (Phi) is 35.7. The lowest BCUT2D eigenvalue weighted by atomic mass is 10.0. The topological polar surface area (TPSA) is 119 Å². The number of carbonyl (C=O) groups is 2. The Morgan fingerprint density at radius 1 is 0.510 bits per heavy atom. The highest BCUT2D eigenvalue weighted by Gasteiger charge is 2.22. The van der Waals surface area contributed by atoms with Gasteiger partial charge in [0, 0.05) is 12.8 Å². The van der Waals surface area contributed by atoms with Crippen LogP contribution < -0.4 is 0 Å². The van der Waals surface area contributed by atoms with Crippen molar-refractivity contribution in [3.63, 3.8) is 0 Å². The van der Waals surface area contributed by atoms with Gasteiger partial charge in [0.25, 0.3) is 0 Å². The molecular formula is C40H77O8P. The number of phosphoric ester groups is 1. The van der Waals surface area contributed by atoms with Gasteiger partial charge in [-0.2, -0.15) is 0 Å². The molecule has 0 bridgehead atoms. The predicted molar refractivity (Wildman–Crippen MR) is 202 cm³/mol. The molecular weight excluding hydrogens is 639 g/mol. The van der Waals surface area contributed by atoms with Crippen molar-refractivity contribution in [3.05, 3.63) is 12.2 Å². The monoisotopic (exact) mass is 717 g/mol. The molecule has 0 aliphatic heterocycles. The Labute approximate surface area is 301 Å². The third kappa shape index (κ3) is 39.4. The number of hydrogen-bond donors (Lipinski definition) is 2. The summed E-state index contributed by atoms with van der Waals surface area (Å²) in [7, 11) is -4.75. The van der Waals surface area contributed by atoms with Crippen LogP contribution in [0.4, 0.5) is 0 Å². The molecule has 49 heavy (non-hydrogen) atoms. The van der Waals surface area contributed by atoms with E-state index in [1.54, 1.807) is 0 Å². The maximum Gasteiger partial charge on any atom is 0.469 e. The average Bonchev–Trinajstić information content (AvgIpc) is 3.07. The third-order valence-corrected chi connectivity index (χ3v) is 9.52. The zero-order valence-corrected chi connectivity index (χ0v) is 32.8. The number of carbonyl (C=O) groups excluding carboxylic acids is 2. The summed E-state index contributed by atoms with van der Waals surface area (Å²) >= 11 is 0. The number of rotatable bonds is 38. The van der Waals surface area contributed by atoms with Gasteiger partial charge in [0.15, 0.2) is 6.10 Å². The van der Waals surface area contributed by atoms with Crippen molar-refractivity contribution >= 4 is 19.8 Å². The minimum atomic E-state index is -4.75. The van der Waals surface area contributed by atoms with Gasteiger partial charge in [0.1, 0.15) is 6.61 Å². The van der Waals surface area contributed by atoms with Crippen LogP contribution in [0.15, 0.2) is 12.2 Å². The SMILES string of the molecule is CCCCCC/C=C/CCCCCCCCCC(=O)OC[C@H](COP(=O)(O)O)OC(=O)CCCCCCCCCCCCCCCCCC. The lowest BCUT2D eigenvalue weighted by Crippen LogP contribution is -2.29. The highest BCUT2D eigenvalue weighted by atomic mass is 31.2. The molecule has 0 aromatic carbocycles. The molecule has 0 amide bonds. The van der Waals surface area contributed by atoms with E-state index in [-0.39, 0.29) is 19.4 Å². The molecule has 0 aliphatic carbocycles. The first-order chi connectivity index (χ1) is 23.8. The smallest absolute Gasteiger partial charge is 0.462 e. The Morgan fingerprint density at radius 2 is 0.857 bits per heavy atom. The van der Waals surface area contributed by atoms with Crippen molar-refractivity contribution < 1.29 is 37.9 Å². The van der Waals surface area contributed by atoms with E-state index in [4.69, 9.17) is 19.3 Å². The van der Waals surface area contributed by atoms with E-state index in [0.717, 1.165) is 44.9 Å². The molecule has 0 saturated heterocycles.